The molecule has 0 radical (unpaired) electrons. The van der Waals surface area contributed by atoms with Gasteiger partial charge in [0.2, 0.25) is 47.3 Å². The normalized spacial score (nSPS) is 25.3. The third kappa shape index (κ3) is 22.8. The van der Waals surface area contributed by atoms with Crippen molar-refractivity contribution in [1.29, 1.82) is 0 Å². The molecule has 2 saturated heterocycles. The third-order valence-corrected chi connectivity index (χ3v) is 21.9. The van der Waals surface area contributed by atoms with Gasteiger partial charge >= 0.3 is 5.97 Å². The molecule has 0 saturated carbocycles. The van der Waals surface area contributed by atoms with Crippen molar-refractivity contribution >= 4 is 81.5 Å². The van der Waals surface area contributed by atoms with Crippen molar-refractivity contribution in [2.45, 2.75) is 263 Å². The van der Waals surface area contributed by atoms with Crippen LogP contribution in [0, 0.1) is 17.7 Å². The second-order valence-corrected chi connectivity index (χ2v) is 33.1. The Bertz CT molecular complexity index is 4260. The molecular formula is C86H112FN9O16. The van der Waals surface area contributed by atoms with Gasteiger partial charge in [0.05, 0.1) is 36.5 Å². The van der Waals surface area contributed by atoms with E-state index in [1.165, 1.54) is 31.1 Å². The van der Waals surface area contributed by atoms with E-state index in [-0.39, 0.29) is 108 Å². The maximum absolute atomic E-state index is 16.5. The van der Waals surface area contributed by atoms with Gasteiger partial charge in [-0.25, -0.2) is 4.39 Å². The predicted molar refractivity (Wildman–Crippen MR) is 416 cm³/mol. The molecule has 26 heteroatoms. The van der Waals surface area contributed by atoms with E-state index in [9.17, 15) is 28.8 Å². The summed E-state index contributed by atoms with van der Waals surface area (Å²) in [6.45, 7) is 15.5. The highest BCUT2D eigenvalue weighted by atomic mass is 19.1. The molecule has 10 atom stereocenters. The number of carbonyl (C=O) groups is 12. The van der Waals surface area contributed by atoms with Crippen LogP contribution in [0.2, 0.25) is 0 Å². The van der Waals surface area contributed by atoms with E-state index in [2.05, 4.69) is 26.6 Å². The number of ether oxygens (including phenoxy) is 4. The van der Waals surface area contributed by atoms with Gasteiger partial charge in [0, 0.05) is 113 Å². The second kappa shape index (κ2) is 37.8. The number of aryl methyl sites for hydroxylation is 2. The van der Waals surface area contributed by atoms with Crippen molar-refractivity contribution in [1.82, 2.24) is 45.9 Å². The summed E-state index contributed by atoms with van der Waals surface area (Å²) in [6, 6.07) is 18.4. The van der Waals surface area contributed by atoms with E-state index in [0.717, 1.165) is 11.1 Å². The molecule has 0 unspecified atom stereocenters. The Balaban J connectivity index is 1.12. The first-order valence-electron chi connectivity index (χ1n) is 39.7. The molecular weight excluding hydrogens is 1430 g/mol. The number of Topliss-reactive ketones (excluding diaryl/α,β-unsaturated/α-hetero) is 3. The summed E-state index contributed by atoms with van der Waals surface area (Å²) >= 11 is 0. The highest BCUT2D eigenvalue weighted by Crippen LogP contribution is 2.35. The minimum atomic E-state index is -1.63. The highest BCUT2D eigenvalue weighted by molar-refractivity contribution is 6.00. The van der Waals surface area contributed by atoms with Crippen LogP contribution in [0.25, 0.3) is 10.9 Å². The summed E-state index contributed by atoms with van der Waals surface area (Å²) in [5.41, 5.74) is 1.42. The zero-order chi connectivity index (χ0) is 80.8. The lowest BCUT2D eigenvalue weighted by Crippen LogP contribution is -2.63. The van der Waals surface area contributed by atoms with Crippen molar-refractivity contribution in [3.8, 4) is 5.75 Å². The molecule has 8 amide bonds. The number of fused-ring (bicyclic) bond motifs is 16. The molecule has 5 N–H and O–H groups in total. The van der Waals surface area contributed by atoms with Gasteiger partial charge in [-0.1, -0.05) is 80.4 Å². The Morgan fingerprint density at radius 1 is 0.670 bits per heavy atom. The second-order valence-electron chi connectivity index (χ2n) is 33.1. The maximum atomic E-state index is 16.5. The minimum absolute atomic E-state index is 0.0375. The molecule has 112 heavy (non-hydrogen) atoms. The fraction of sp³-hybridized carbons (Fsp3) is 0.558. The van der Waals surface area contributed by atoms with Crippen LogP contribution in [0.3, 0.4) is 0 Å². The van der Waals surface area contributed by atoms with E-state index in [0.29, 0.717) is 103 Å². The summed E-state index contributed by atoms with van der Waals surface area (Å²) in [4.78, 5) is 185. The zero-order valence-electron chi connectivity index (χ0n) is 66.5. The third-order valence-electron chi connectivity index (χ3n) is 21.9. The van der Waals surface area contributed by atoms with Gasteiger partial charge in [-0.15, -0.1) is 0 Å². The molecule has 25 nitrogen and oxygen atoms in total. The first kappa shape index (κ1) is 84.8. The van der Waals surface area contributed by atoms with Gasteiger partial charge < -0.3 is 64.8 Å². The molecule has 5 aromatic rings. The Hall–Kier alpha value is -9.69. The van der Waals surface area contributed by atoms with Gasteiger partial charge in [-0.3, -0.25) is 57.5 Å². The largest absolute Gasteiger partial charge is 0.497 e. The quantitative estimate of drug-likeness (QED) is 0.0909. The number of amides is 8. The van der Waals surface area contributed by atoms with E-state index < -0.39 is 143 Å². The summed E-state index contributed by atoms with van der Waals surface area (Å²) in [7, 11) is 1.52. The topological polar surface area (TPSA) is 317 Å². The molecule has 6 aliphatic rings. The molecule has 4 aromatic carbocycles. The van der Waals surface area contributed by atoms with E-state index in [1.807, 2.05) is 35.0 Å². The van der Waals surface area contributed by atoms with Crippen LogP contribution in [-0.4, -0.2) is 182 Å². The van der Waals surface area contributed by atoms with Gasteiger partial charge in [0.15, 0.2) is 11.6 Å². The van der Waals surface area contributed by atoms with Crippen LogP contribution in [0.1, 0.15) is 192 Å². The van der Waals surface area contributed by atoms with Gasteiger partial charge in [0.1, 0.15) is 53.7 Å². The molecule has 604 valence electrons. The zero-order valence-corrected chi connectivity index (χ0v) is 66.5. The average molecular weight is 1550 g/mol. The van der Waals surface area contributed by atoms with E-state index in [4.69, 9.17) is 18.9 Å². The predicted octanol–water partition coefficient (Wildman–Crippen LogP) is 8.54. The molecule has 1 aromatic heterocycles. The maximum Gasteiger partial charge on any atom is 0.306 e. The molecule has 0 aliphatic carbocycles. The molecule has 12 bridgehead atoms. The van der Waals surface area contributed by atoms with Gasteiger partial charge in [0.25, 0.3) is 0 Å². The van der Waals surface area contributed by atoms with Crippen molar-refractivity contribution in [3.05, 3.63) is 136 Å². The lowest BCUT2D eigenvalue weighted by Gasteiger charge is -2.37. The molecule has 7 heterocycles. The Morgan fingerprint density at radius 2 is 1.38 bits per heavy atom. The molecule has 2 fully saturated rings. The SMILES string of the molecule is COc1ccc(C[C@@H]2NC(=O)[C@H]([C@@H](C)OC(C)(C)C)NC(=O)[C@@H]3[C@@H]4CCN3C(=O)[C@H]3CC(=O)[C@H](Cc5cccc(c5)CNC(=O)CO4)NC(=O)[C@@H](CCC(=O)OC(C)(C)C)NC(=O)[C@H](C)CC(=O)CCC(=O)N(CCCCCCn4cc(c5cc(F)ccc54)C3)Cc3ccc(cc3)CCCC(=O)[C@]3(C)CCCN3C2=O)cc1. The number of carbonyl (C=O) groups excluding carboxylic acids is 12. The lowest BCUT2D eigenvalue weighted by atomic mass is 9.88. The number of rotatable bonds is 8. The van der Waals surface area contributed by atoms with Crippen LogP contribution in [-0.2, 0) is 117 Å². The van der Waals surface area contributed by atoms with Crippen molar-refractivity contribution in [2.75, 3.05) is 33.4 Å². The number of hydrogen-bond donors (Lipinski definition) is 5. The van der Waals surface area contributed by atoms with Crippen LogP contribution in [0.5, 0.6) is 5.75 Å². The summed E-state index contributed by atoms with van der Waals surface area (Å²) in [6.07, 6.45) is 1.42. The Morgan fingerprint density at radius 3 is 2.11 bits per heavy atom. The average Bonchev–Trinajstić information content (AvgIpc) is 1.61. The molecule has 11 rings (SSSR count). The van der Waals surface area contributed by atoms with E-state index >= 15 is 33.2 Å². The number of ketones is 3. The van der Waals surface area contributed by atoms with Gasteiger partial charge in [-0.2, -0.15) is 0 Å². The minimum Gasteiger partial charge on any atom is -0.497 e. The monoisotopic (exact) mass is 1550 g/mol. The number of benzene rings is 4. The lowest BCUT2D eigenvalue weighted by molar-refractivity contribution is -0.155. The van der Waals surface area contributed by atoms with Crippen LogP contribution in [0.4, 0.5) is 4.39 Å². The molecule has 0 spiro atoms. The van der Waals surface area contributed by atoms with E-state index in [1.54, 1.807) is 120 Å². The Labute approximate surface area is 655 Å². The van der Waals surface area contributed by atoms with Crippen molar-refractivity contribution < 1.29 is 80.9 Å². The molecule has 6 aliphatic heterocycles. The van der Waals surface area contributed by atoms with Crippen molar-refractivity contribution in [3.63, 3.8) is 0 Å². The number of halogens is 1. The van der Waals surface area contributed by atoms with Crippen LogP contribution >= 0.6 is 0 Å². The Kier molecular flexibility index (Phi) is 28.6. The van der Waals surface area contributed by atoms with Crippen LogP contribution < -0.4 is 31.3 Å². The number of nitrogens with zero attached hydrogens (tertiary/aromatic N) is 4. The summed E-state index contributed by atoms with van der Waals surface area (Å²) in [5, 5.41) is 14.9. The number of nitrogens with one attached hydrogen (secondary N) is 5. The first-order chi connectivity index (χ1) is 53.2. The first-order valence-corrected chi connectivity index (χ1v) is 39.7. The smallest absolute Gasteiger partial charge is 0.306 e. The fourth-order valence-electron chi connectivity index (χ4n) is 16.0. The van der Waals surface area contributed by atoms with Crippen LogP contribution in [0.15, 0.2) is 97.2 Å². The standard InChI is InChI=1S/C86H112FN9O16/c1-53-42-63(97)29-34-74(101)94-39-14-12-11-13-38-93-51-61(65-48-62(87)28-33-69(65)93)46-60-47-70(98)67(90-79(104)66(89-78(53)103)32-35-75(102)112-85(6,7)8)45-58-19-15-20-59(43-58)49-88-73(100)52-110-71-36-41-95(82(60)107)77(71)81(106)92-76(54(2)111-84(3,4)5)80(105)91-68(44-56-26-30-64(109-10)31-27-56)83(108)96-40-17-37-86(96,9)72(99)21-16-18-55-22-24-57(50-94)25-23-55/h15,19-20,22-28,30-31,33,43,48,51,53-54,60,66-68,71,76-77H,11-14,16-18,21,29,32,34-42,44-47,49-50,52H2,1-10H3,(H,88,100)(H,89,103)(H,90,104)(H,91,105)(H,92,106)/t53-,54-,60-,66-,67+,68+,71+,76+,77+,86+/m1/s1. The number of methoxy groups -OCH3 is 1. The summed E-state index contributed by atoms with van der Waals surface area (Å²) in [5.74, 6) is -9.99. The summed E-state index contributed by atoms with van der Waals surface area (Å²) < 4.78 is 41.9. The van der Waals surface area contributed by atoms with Gasteiger partial charge in [-0.05, 0) is 183 Å². The fourth-order valence-corrected chi connectivity index (χ4v) is 16.0. The number of esters is 1. The highest BCUT2D eigenvalue weighted by Gasteiger charge is 2.50. The number of aromatic nitrogens is 1. The number of hydrogen-bond acceptors (Lipinski definition) is 16. The van der Waals surface area contributed by atoms with Crippen molar-refractivity contribution in [2.24, 2.45) is 11.8 Å².